The van der Waals surface area contributed by atoms with Crippen molar-refractivity contribution in [3.05, 3.63) is 40.7 Å². The zero-order valence-electron chi connectivity index (χ0n) is 12.1. The molecule has 2 rings (SSSR count). The van der Waals surface area contributed by atoms with Crippen molar-refractivity contribution in [2.24, 2.45) is 0 Å². The first-order valence-electron chi connectivity index (χ1n) is 6.98. The van der Waals surface area contributed by atoms with Crippen LogP contribution < -0.4 is 0 Å². The topological polar surface area (TPSA) is 59.1 Å². The molecule has 114 valence electrons. The maximum Gasteiger partial charge on any atom is 0.331 e. The van der Waals surface area contributed by atoms with Crippen molar-refractivity contribution >= 4 is 12.0 Å². The van der Waals surface area contributed by atoms with Crippen molar-refractivity contribution in [2.75, 3.05) is 13.2 Å². The van der Waals surface area contributed by atoms with Gasteiger partial charge in [0.05, 0.1) is 19.3 Å². The second kappa shape index (κ2) is 6.83. The van der Waals surface area contributed by atoms with E-state index >= 15 is 0 Å². The highest BCUT2D eigenvalue weighted by molar-refractivity contribution is 5.92. The van der Waals surface area contributed by atoms with Gasteiger partial charge in [0.15, 0.2) is 0 Å². The number of halogens is 1. The van der Waals surface area contributed by atoms with Crippen molar-refractivity contribution in [3.8, 4) is 0 Å². The Balaban J connectivity index is 2.27. The molecule has 1 aromatic carbocycles. The van der Waals surface area contributed by atoms with E-state index in [1.807, 2.05) is 6.92 Å². The van der Waals surface area contributed by atoms with Gasteiger partial charge in [0.2, 0.25) is 0 Å². The number of hydrogen-bond acceptors (Lipinski definition) is 3. The Morgan fingerprint density at radius 3 is 2.90 bits per heavy atom. The quantitative estimate of drug-likeness (QED) is 0.620. The zero-order chi connectivity index (χ0) is 15.4. The maximum absolute atomic E-state index is 14.1. The molecule has 1 aromatic rings. The second-order valence-corrected chi connectivity index (χ2v) is 5.00. The number of carboxylic acids is 1. The van der Waals surface area contributed by atoms with Gasteiger partial charge in [0.1, 0.15) is 11.9 Å². The first-order valence-corrected chi connectivity index (χ1v) is 6.98. The van der Waals surface area contributed by atoms with Crippen LogP contribution in [0.25, 0.3) is 6.08 Å². The van der Waals surface area contributed by atoms with Crippen LogP contribution in [0.1, 0.15) is 37.5 Å². The number of hydrogen-bond donors (Lipinski definition) is 1. The summed E-state index contributed by atoms with van der Waals surface area (Å²) in [6.45, 7) is 4.70. The van der Waals surface area contributed by atoms with E-state index in [4.69, 9.17) is 14.6 Å². The summed E-state index contributed by atoms with van der Waals surface area (Å²) in [7, 11) is 0. The highest BCUT2D eigenvalue weighted by Gasteiger charge is 2.24. The normalized spacial score (nSPS) is 19.4. The summed E-state index contributed by atoms with van der Waals surface area (Å²) in [6.07, 6.45) is 1.52. The number of aliphatic carboxylic acids is 1. The first kappa shape index (κ1) is 15.7. The average Bonchev–Trinajstić information content (AvgIpc) is 3.27. The smallest absolute Gasteiger partial charge is 0.331 e. The summed E-state index contributed by atoms with van der Waals surface area (Å²) in [4.78, 5) is 11.1. The van der Waals surface area contributed by atoms with Gasteiger partial charge in [-0.2, -0.15) is 0 Å². The summed E-state index contributed by atoms with van der Waals surface area (Å²) in [5, 5.41) is 9.10. The molecule has 0 bridgehead atoms. The maximum atomic E-state index is 14.1. The molecule has 1 saturated heterocycles. The van der Waals surface area contributed by atoms with Crippen LogP contribution >= 0.6 is 0 Å². The Bertz CT molecular complexity index is 549. The molecule has 1 heterocycles. The Labute approximate surface area is 123 Å². The van der Waals surface area contributed by atoms with Crippen molar-refractivity contribution < 1.29 is 23.8 Å². The SMILES string of the molecule is CCC(=Cc1c(F)cccc1[C@@H](C)OCC1CO1)C(=O)O. The van der Waals surface area contributed by atoms with Gasteiger partial charge in [0.25, 0.3) is 0 Å². The van der Waals surface area contributed by atoms with E-state index in [0.29, 0.717) is 25.2 Å². The van der Waals surface area contributed by atoms with Crippen molar-refractivity contribution in [3.63, 3.8) is 0 Å². The average molecular weight is 294 g/mol. The van der Waals surface area contributed by atoms with Gasteiger partial charge in [-0.1, -0.05) is 19.1 Å². The number of rotatable bonds is 7. The van der Waals surface area contributed by atoms with E-state index in [9.17, 15) is 9.18 Å². The van der Waals surface area contributed by atoms with Gasteiger partial charge < -0.3 is 14.6 Å². The van der Waals surface area contributed by atoms with Crippen LogP contribution in [0.2, 0.25) is 0 Å². The Kier molecular flexibility index (Phi) is 5.09. The van der Waals surface area contributed by atoms with Crippen molar-refractivity contribution in [2.45, 2.75) is 32.5 Å². The van der Waals surface area contributed by atoms with Gasteiger partial charge in [-0.15, -0.1) is 0 Å². The molecule has 0 radical (unpaired) electrons. The zero-order valence-corrected chi connectivity index (χ0v) is 12.1. The van der Waals surface area contributed by atoms with E-state index in [1.54, 1.807) is 19.1 Å². The number of benzene rings is 1. The third-order valence-electron chi connectivity index (χ3n) is 3.43. The van der Waals surface area contributed by atoms with Crippen LogP contribution in [0.4, 0.5) is 4.39 Å². The summed E-state index contributed by atoms with van der Waals surface area (Å²) < 4.78 is 24.8. The van der Waals surface area contributed by atoms with E-state index in [2.05, 4.69) is 0 Å². The van der Waals surface area contributed by atoms with Gasteiger partial charge >= 0.3 is 5.97 Å². The lowest BCUT2D eigenvalue weighted by atomic mass is 9.99. The molecule has 0 amide bonds. The molecular weight excluding hydrogens is 275 g/mol. The molecule has 1 aliphatic heterocycles. The molecule has 21 heavy (non-hydrogen) atoms. The Morgan fingerprint density at radius 1 is 1.62 bits per heavy atom. The third kappa shape index (κ3) is 4.12. The number of carbonyl (C=O) groups is 1. The number of carboxylic acid groups (broad SMARTS) is 1. The van der Waals surface area contributed by atoms with Crippen molar-refractivity contribution in [1.29, 1.82) is 0 Å². The lowest BCUT2D eigenvalue weighted by molar-refractivity contribution is -0.132. The molecule has 0 aromatic heterocycles. The molecule has 1 unspecified atom stereocenters. The summed E-state index contributed by atoms with van der Waals surface area (Å²) in [6, 6.07) is 4.67. The monoisotopic (exact) mass is 294 g/mol. The lowest BCUT2D eigenvalue weighted by Crippen LogP contribution is -2.09. The largest absolute Gasteiger partial charge is 0.478 e. The fraction of sp³-hybridized carbons (Fsp3) is 0.438. The summed E-state index contributed by atoms with van der Waals surface area (Å²) in [5.41, 5.74) is 1.09. The predicted molar refractivity (Wildman–Crippen MR) is 76.4 cm³/mol. The minimum absolute atomic E-state index is 0.130. The molecule has 4 nitrogen and oxygen atoms in total. The minimum Gasteiger partial charge on any atom is -0.478 e. The fourth-order valence-corrected chi connectivity index (χ4v) is 2.06. The van der Waals surface area contributed by atoms with Crippen LogP contribution in [-0.4, -0.2) is 30.4 Å². The fourth-order valence-electron chi connectivity index (χ4n) is 2.06. The molecule has 1 aliphatic rings. The predicted octanol–water partition coefficient (Wildman–Crippen LogP) is 3.18. The van der Waals surface area contributed by atoms with E-state index in [0.717, 1.165) is 0 Å². The van der Waals surface area contributed by atoms with E-state index in [-0.39, 0.29) is 23.3 Å². The molecule has 2 atom stereocenters. The van der Waals surface area contributed by atoms with Crippen LogP contribution in [0.5, 0.6) is 0 Å². The van der Waals surface area contributed by atoms with E-state index in [1.165, 1.54) is 12.1 Å². The molecule has 5 heteroatoms. The van der Waals surface area contributed by atoms with Crippen molar-refractivity contribution in [1.82, 2.24) is 0 Å². The summed E-state index contributed by atoms with van der Waals surface area (Å²) >= 11 is 0. The molecule has 0 spiro atoms. The molecule has 0 saturated carbocycles. The number of epoxide rings is 1. The standard InChI is InChI=1S/C16H19FO4/c1-3-11(16(18)19)7-14-13(5-4-6-15(14)17)10(2)20-8-12-9-21-12/h4-7,10,12H,3,8-9H2,1-2H3,(H,18,19)/t10-,12?/m1/s1. The van der Waals surface area contributed by atoms with Gasteiger partial charge in [-0.05, 0) is 31.1 Å². The molecular formula is C16H19FO4. The number of ether oxygens (including phenoxy) is 2. The second-order valence-electron chi connectivity index (χ2n) is 5.00. The third-order valence-corrected chi connectivity index (χ3v) is 3.43. The van der Waals surface area contributed by atoms with Gasteiger partial charge in [-0.25, -0.2) is 9.18 Å². The van der Waals surface area contributed by atoms with E-state index < -0.39 is 11.8 Å². The molecule has 1 fully saturated rings. The lowest BCUT2D eigenvalue weighted by Gasteiger charge is -2.16. The molecule has 0 aliphatic carbocycles. The highest BCUT2D eigenvalue weighted by atomic mass is 19.1. The minimum atomic E-state index is -1.04. The van der Waals surface area contributed by atoms with Crippen LogP contribution in [-0.2, 0) is 14.3 Å². The van der Waals surface area contributed by atoms with Crippen LogP contribution in [0, 0.1) is 5.82 Å². The van der Waals surface area contributed by atoms with Gasteiger partial charge in [-0.3, -0.25) is 0 Å². The van der Waals surface area contributed by atoms with Gasteiger partial charge in [0, 0.05) is 11.1 Å². The highest BCUT2D eigenvalue weighted by Crippen LogP contribution is 2.27. The van der Waals surface area contributed by atoms with Crippen LogP contribution in [0.15, 0.2) is 23.8 Å². The summed E-state index contributed by atoms with van der Waals surface area (Å²) in [5.74, 6) is -1.48. The Hall–Kier alpha value is -1.72. The Morgan fingerprint density at radius 2 is 2.33 bits per heavy atom. The first-order chi connectivity index (χ1) is 10.0. The van der Waals surface area contributed by atoms with Crippen LogP contribution in [0.3, 0.4) is 0 Å². The molecule has 1 N–H and O–H groups in total.